The summed E-state index contributed by atoms with van der Waals surface area (Å²) in [5.41, 5.74) is 0. The molecule has 0 radical (unpaired) electrons. The summed E-state index contributed by atoms with van der Waals surface area (Å²) < 4.78 is 2.15. The van der Waals surface area contributed by atoms with Crippen LogP contribution in [0.4, 0.5) is 11.8 Å². The van der Waals surface area contributed by atoms with Gasteiger partial charge in [-0.1, -0.05) is 0 Å². The van der Waals surface area contributed by atoms with Crippen LogP contribution in [0.3, 0.4) is 0 Å². The Labute approximate surface area is 118 Å². The van der Waals surface area contributed by atoms with Gasteiger partial charge in [0.25, 0.3) is 0 Å². The number of hydrogen-bond donors (Lipinski definition) is 1. The molecule has 0 bridgehead atoms. The Morgan fingerprint density at radius 1 is 1.40 bits per heavy atom. The van der Waals surface area contributed by atoms with E-state index in [0.717, 1.165) is 31.4 Å². The summed E-state index contributed by atoms with van der Waals surface area (Å²) in [7, 11) is 1.88. The van der Waals surface area contributed by atoms with Crippen LogP contribution in [0.15, 0.2) is 31.0 Å². The lowest BCUT2D eigenvalue weighted by atomic mass is 9.98. The maximum absolute atomic E-state index is 4.53. The third-order valence-electron chi connectivity index (χ3n) is 3.73. The van der Waals surface area contributed by atoms with Gasteiger partial charge in [-0.15, -0.1) is 0 Å². The average Bonchev–Trinajstić information content (AvgIpc) is 3.00. The van der Waals surface area contributed by atoms with Gasteiger partial charge in [0.05, 0.1) is 6.33 Å². The maximum Gasteiger partial charge on any atom is 0.227 e. The first kappa shape index (κ1) is 12.9. The number of nitrogens with one attached hydrogen (secondary N) is 1. The normalized spacial score (nSPS) is 19.1. The lowest BCUT2D eigenvalue weighted by Gasteiger charge is -2.33. The van der Waals surface area contributed by atoms with Crippen LogP contribution in [-0.4, -0.2) is 39.7 Å². The van der Waals surface area contributed by atoms with Crippen LogP contribution in [0.25, 0.3) is 0 Å². The highest BCUT2D eigenvalue weighted by Gasteiger charge is 2.22. The van der Waals surface area contributed by atoms with E-state index in [1.54, 1.807) is 0 Å². The smallest absolute Gasteiger partial charge is 0.227 e. The molecular formula is C14H20N6. The Kier molecular flexibility index (Phi) is 3.80. The van der Waals surface area contributed by atoms with Crippen molar-refractivity contribution in [1.82, 2.24) is 19.5 Å². The lowest BCUT2D eigenvalue weighted by Crippen LogP contribution is -2.38. The minimum absolute atomic E-state index is 0.625. The van der Waals surface area contributed by atoms with Crippen molar-refractivity contribution >= 4 is 11.8 Å². The maximum atomic E-state index is 4.53. The van der Waals surface area contributed by atoms with Crippen LogP contribution in [0.1, 0.15) is 12.8 Å². The summed E-state index contributed by atoms with van der Waals surface area (Å²) in [5, 5.41) is 3.06. The summed E-state index contributed by atoms with van der Waals surface area (Å²) in [6.07, 6.45) is 9.99. The van der Waals surface area contributed by atoms with E-state index in [0.29, 0.717) is 5.92 Å². The largest absolute Gasteiger partial charge is 0.373 e. The molecule has 1 atom stereocenters. The van der Waals surface area contributed by atoms with Crippen molar-refractivity contribution in [3.63, 3.8) is 0 Å². The Morgan fingerprint density at radius 3 is 3.15 bits per heavy atom. The minimum Gasteiger partial charge on any atom is -0.373 e. The molecule has 1 unspecified atom stereocenters. The zero-order valence-corrected chi connectivity index (χ0v) is 11.7. The molecule has 3 rings (SSSR count). The van der Waals surface area contributed by atoms with Crippen LogP contribution in [0.5, 0.6) is 0 Å². The molecule has 0 spiro atoms. The van der Waals surface area contributed by atoms with Crippen LogP contribution < -0.4 is 10.2 Å². The van der Waals surface area contributed by atoms with Gasteiger partial charge in [0.2, 0.25) is 5.95 Å². The molecule has 6 heteroatoms. The van der Waals surface area contributed by atoms with E-state index >= 15 is 0 Å². The second-order valence-electron chi connectivity index (χ2n) is 5.21. The van der Waals surface area contributed by atoms with Gasteiger partial charge >= 0.3 is 0 Å². The SMILES string of the molecule is CNc1ccnc(N2CCCC(Cn3ccnc3)C2)n1. The molecule has 106 valence electrons. The second kappa shape index (κ2) is 5.90. The van der Waals surface area contributed by atoms with Crippen molar-refractivity contribution in [2.75, 3.05) is 30.4 Å². The first-order chi connectivity index (χ1) is 9.85. The summed E-state index contributed by atoms with van der Waals surface area (Å²) in [5.74, 6) is 2.32. The Bertz CT molecular complexity index is 538. The average molecular weight is 272 g/mol. The van der Waals surface area contributed by atoms with E-state index in [1.165, 1.54) is 12.8 Å². The van der Waals surface area contributed by atoms with Crippen molar-refractivity contribution in [2.45, 2.75) is 19.4 Å². The van der Waals surface area contributed by atoms with Crippen LogP contribution in [0.2, 0.25) is 0 Å². The number of anilines is 2. The quantitative estimate of drug-likeness (QED) is 0.916. The van der Waals surface area contributed by atoms with Gasteiger partial charge in [0.15, 0.2) is 0 Å². The number of hydrogen-bond acceptors (Lipinski definition) is 5. The molecule has 2 aromatic rings. The number of aromatic nitrogens is 4. The fourth-order valence-corrected chi connectivity index (χ4v) is 2.73. The molecule has 1 saturated heterocycles. The van der Waals surface area contributed by atoms with Crippen molar-refractivity contribution in [3.05, 3.63) is 31.0 Å². The third-order valence-corrected chi connectivity index (χ3v) is 3.73. The first-order valence-electron chi connectivity index (χ1n) is 7.06. The molecule has 1 aliphatic heterocycles. The number of piperidine rings is 1. The lowest BCUT2D eigenvalue weighted by molar-refractivity contribution is 0.364. The van der Waals surface area contributed by atoms with Gasteiger partial charge in [-0.2, -0.15) is 4.98 Å². The number of imidazole rings is 1. The molecule has 0 aromatic carbocycles. The van der Waals surface area contributed by atoms with Gasteiger partial charge < -0.3 is 14.8 Å². The standard InChI is InChI=1S/C14H20N6/c1-15-13-4-5-17-14(18-13)20-7-2-3-12(10-20)9-19-8-6-16-11-19/h4-6,8,11-12H,2-3,7,9-10H2,1H3,(H,15,17,18). The molecule has 3 heterocycles. The fourth-order valence-electron chi connectivity index (χ4n) is 2.73. The zero-order valence-electron chi connectivity index (χ0n) is 11.7. The molecule has 1 N–H and O–H groups in total. The van der Waals surface area contributed by atoms with Crippen molar-refractivity contribution in [2.24, 2.45) is 5.92 Å². The molecule has 20 heavy (non-hydrogen) atoms. The van der Waals surface area contributed by atoms with Crippen molar-refractivity contribution in [3.8, 4) is 0 Å². The molecule has 1 aliphatic rings. The Balaban J connectivity index is 1.68. The van der Waals surface area contributed by atoms with Gasteiger partial charge in [-0.3, -0.25) is 0 Å². The molecular weight excluding hydrogens is 252 g/mol. The Morgan fingerprint density at radius 2 is 2.35 bits per heavy atom. The fraction of sp³-hybridized carbons (Fsp3) is 0.500. The number of nitrogens with zero attached hydrogens (tertiary/aromatic N) is 5. The molecule has 2 aromatic heterocycles. The zero-order chi connectivity index (χ0) is 13.8. The summed E-state index contributed by atoms with van der Waals surface area (Å²) in [6, 6.07) is 1.89. The molecule has 0 saturated carbocycles. The van der Waals surface area contributed by atoms with E-state index in [2.05, 4.69) is 29.7 Å². The van der Waals surface area contributed by atoms with Gasteiger partial charge in [-0.25, -0.2) is 9.97 Å². The summed E-state index contributed by atoms with van der Waals surface area (Å²) >= 11 is 0. The van der Waals surface area contributed by atoms with E-state index in [-0.39, 0.29) is 0 Å². The molecule has 1 fully saturated rings. The van der Waals surface area contributed by atoms with Gasteiger partial charge in [-0.05, 0) is 24.8 Å². The predicted molar refractivity (Wildman–Crippen MR) is 78.7 cm³/mol. The van der Waals surface area contributed by atoms with Crippen LogP contribution in [-0.2, 0) is 6.54 Å². The summed E-state index contributed by atoms with van der Waals surface area (Å²) in [6.45, 7) is 3.06. The second-order valence-corrected chi connectivity index (χ2v) is 5.21. The van der Waals surface area contributed by atoms with E-state index in [4.69, 9.17) is 0 Å². The molecule has 0 amide bonds. The van der Waals surface area contributed by atoms with E-state index in [1.807, 2.05) is 38.0 Å². The van der Waals surface area contributed by atoms with Gasteiger partial charge in [0, 0.05) is 45.3 Å². The molecule has 6 nitrogen and oxygen atoms in total. The van der Waals surface area contributed by atoms with E-state index < -0.39 is 0 Å². The first-order valence-corrected chi connectivity index (χ1v) is 7.06. The molecule has 0 aliphatic carbocycles. The number of rotatable bonds is 4. The highest BCUT2D eigenvalue weighted by Crippen LogP contribution is 2.22. The highest BCUT2D eigenvalue weighted by molar-refractivity contribution is 5.40. The van der Waals surface area contributed by atoms with Gasteiger partial charge in [0.1, 0.15) is 5.82 Å². The topological polar surface area (TPSA) is 58.9 Å². The van der Waals surface area contributed by atoms with Crippen molar-refractivity contribution in [1.29, 1.82) is 0 Å². The third kappa shape index (κ3) is 2.89. The van der Waals surface area contributed by atoms with Crippen LogP contribution >= 0.6 is 0 Å². The van der Waals surface area contributed by atoms with Crippen molar-refractivity contribution < 1.29 is 0 Å². The monoisotopic (exact) mass is 272 g/mol. The highest BCUT2D eigenvalue weighted by atomic mass is 15.3. The predicted octanol–water partition coefficient (Wildman–Crippen LogP) is 1.63. The minimum atomic E-state index is 0.625. The Hall–Kier alpha value is -2.11. The van der Waals surface area contributed by atoms with E-state index in [9.17, 15) is 0 Å². The van der Waals surface area contributed by atoms with Crippen LogP contribution in [0, 0.1) is 5.92 Å². The summed E-state index contributed by atoms with van der Waals surface area (Å²) in [4.78, 5) is 15.3.